The molecule has 0 aliphatic rings. The zero-order valence-electron chi connectivity index (χ0n) is 30.9. The average molecular weight is 727 g/mol. The number of furan rings is 1. The van der Waals surface area contributed by atoms with Gasteiger partial charge in [0, 0.05) is 38.1 Å². The van der Waals surface area contributed by atoms with Gasteiger partial charge >= 0.3 is 0 Å². The Kier molecular flexibility index (Phi) is 6.93. The van der Waals surface area contributed by atoms with E-state index in [9.17, 15) is 0 Å². The highest BCUT2D eigenvalue weighted by atomic mass is 16.3. The third-order valence-electron chi connectivity index (χ3n) is 11.7. The Morgan fingerprint density at radius 2 is 0.789 bits per heavy atom. The summed E-state index contributed by atoms with van der Waals surface area (Å²) in [7, 11) is 0. The fraction of sp³-hybridized carbons (Fsp3) is 0. The van der Waals surface area contributed by atoms with E-state index < -0.39 is 0 Å². The standard InChI is InChI=1S/C54H34N2O/c1-3-15-35(16-4-1)39-19-7-11-23-46(39)55-47-24-12-8-20-41(47)43-29-27-37(33-50(43)55)38-28-30-44-42-21-9-13-25-48(42)56(51(44)34-38)49-32-31-40(36-17-5-2-6-18-36)54-53(49)45-22-10-14-26-52(45)57-54/h1-34H. The van der Waals surface area contributed by atoms with Crippen LogP contribution in [0.15, 0.2) is 211 Å². The van der Waals surface area contributed by atoms with Crippen LogP contribution in [0.1, 0.15) is 0 Å². The SMILES string of the molecule is c1ccc(-c2ccccc2-n2c3ccccc3c3ccc(-c4ccc5c6ccccc6n(-c6ccc(-c7ccccc7)c7oc8ccccc8c67)c5c4)cc32)cc1. The highest BCUT2D eigenvalue weighted by Crippen LogP contribution is 2.44. The molecule has 0 aliphatic heterocycles. The molecule has 9 aromatic carbocycles. The molecule has 3 nitrogen and oxygen atoms in total. The fourth-order valence-electron chi connectivity index (χ4n) is 9.19. The minimum Gasteiger partial charge on any atom is -0.455 e. The number of fused-ring (bicyclic) bond motifs is 9. The number of hydrogen-bond acceptors (Lipinski definition) is 1. The third-order valence-corrected chi connectivity index (χ3v) is 11.7. The topological polar surface area (TPSA) is 23.0 Å². The molecule has 0 fully saturated rings. The lowest BCUT2D eigenvalue weighted by Crippen LogP contribution is -1.97. The van der Waals surface area contributed by atoms with Crippen LogP contribution >= 0.6 is 0 Å². The first kappa shape index (κ1) is 31.7. The van der Waals surface area contributed by atoms with Crippen molar-refractivity contribution in [3.05, 3.63) is 206 Å². The molecule has 3 heterocycles. The summed E-state index contributed by atoms with van der Waals surface area (Å²) in [5, 5.41) is 7.14. The molecule has 0 radical (unpaired) electrons. The number of nitrogens with zero attached hydrogens (tertiary/aromatic N) is 2. The van der Waals surface area contributed by atoms with E-state index in [1.54, 1.807) is 0 Å². The minimum atomic E-state index is 0.885. The van der Waals surface area contributed by atoms with Gasteiger partial charge in [0.25, 0.3) is 0 Å². The fourth-order valence-corrected chi connectivity index (χ4v) is 9.19. The summed E-state index contributed by atoms with van der Waals surface area (Å²) in [6.45, 7) is 0. The van der Waals surface area contributed by atoms with Gasteiger partial charge in [0.2, 0.25) is 0 Å². The van der Waals surface area contributed by atoms with Gasteiger partial charge in [0.05, 0.1) is 38.8 Å². The van der Waals surface area contributed by atoms with E-state index in [2.05, 4.69) is 215 Å². The van der Waals surface area contributed by atoms with Crippen molar-refractivity contribution in [1.29, 1.82) is 0 Å². The van der Waals surface area contributed by atoms with Crippen LogP contribution in [0.25, 0.3) is 110 Å². The maximum Gasteiger partial charge on any atom is 0.145 e. The van der Waals surface area contributed by atoms with Gasteiger partial charge in [-0.05, 0) is 70.8 Å². The van der Waals surface area contributed by atoms with Gasteiger partial charge in [-0.1, -0.05) is 158 Å². The second-order valence-corrected chi connectivity index (χ2v) is 14.9. The van der Waals surface area contributed by atoms with Crippen molar-refractivity contribution >= 4 is 65.6 Å². The van der Waals surface area contributed by atoms with E-state index in [0.29, 0.717) is 0 Å². The van der Waals surface area contributed by atoms with Crippen molar-refractivity contribution in [1.82, 2.24) is 9.13 Å². The maximum absolute atomic E-state index is 6.73. The van der Waals surface area contributed by atoms with Gasteiger partial charge in [-0.15, -0.1) is 0 Å². The molecule has 0 N–H and O–H groups in total. The second kappa shape index (κ2) is 12.5. The monoisotopic (exact) mass is 726 g/mol. The number of rotatable bonds is 5. The molecule has 57 heavy (non-hydrogen) atoms. The van der Waals surface area contributed by atoms with Crippen molar-refractivity contribution in [2.75, 3.05) is 0 Å². The Morgan fingerprint density at radius 3 is 1.44 bits per heavy atom. The summed E-state index contributed by atoms with van der Waals surface area (Å²) in [4.78, 5) is 0. The summed E-state index contributed by atoms with van der Waals surface area (Å²) < 4.78 is 11.6. The van der Waals surface area contributed by atoms with Crippen LogP contribution in [0.2, 0.25) is 0 Å². The van der Waals surface area contributed by atoms with E-state index in [0.717, 1.165) is 61.0 Å². The first-order valence-corrected chi connectivity index (χ1v) is 19.5. The van der Waals surface area contributed by atoms with E-state index in [1.165, 1.54) is 49.3 Å². The molecule has 12 rings (SSSR count). The molecule has 0 bridgehead atoms. The highest BCUT2D eigenvalue weighted by Gasteiger charge is 2.22. The van der Waals surface area contributed by atoms with Crippen LogP contribution in [0.3, 0.4) is 0 Å². The molecule has 0 unspecified atom stereocenters. The normalized spacial score (nSPS) is 11.9. The Bertz CT molecular complexity index is 3510. The smallest absolute Gasteiger partial charge is 0.145 e. The molecule has 3 heteroatoms. The Balaban J connectivity index is 1.11. The number of hydrogen-bond donors (Lipinski definition) is 0. The Labute approximate surface area is 328 Å². The summed E-state index contributed by atoms with van der Waals surface area (Å²) >= 11 is 0. The van der Waals surface area contributed by atoms with Crippen LogP contribution < -0.4 is 0 Å². The number of benzene rings is 9. The summed E-state index contributed by atoms with van der Waals surface area (Å²) in [5.41, 5.74) is 15.7. The van der Waals surface area contributed by atoms with Gasteiger partial charge in [-0.2, -0.15) is 0 Å². The summed E-state index contributed by atoms with van der Waals surface area (Å²) in [6, 6.07) is 74.4. The zero-order valence-corrected chi connectivity index (χ0v) is 30.9. The van der Waals surface area contributed by atoms with E-state index >= 15 is 0 Å². The largest absolute Gasteiger partial charge is 0.455 e. The van der Waals surface area contributed by atoms with Gasteiger partial charge in [-0.25, -0.2) is 0 Å². The van der Waals surface area contributed by atoms with Gasteiger partial charge in [0.1, 0.15) is 11.2 Å². The van der Waals surface area contributed by atoms with Crippen LogP contribution in [0.5, 0.6) is 0 Å². The van der Waals surface area contributed by atoms with Gasteiger partial charge < -0.3 is 13.6 Å². The van der Waals surface area contributed by atoms with E-state index in [1.807, 2.05) is 0 Å². The Morgan fingerprint density at radius 1 is 0.298 bits per heavy atom. The van der Waals surface area contributed by atoms with Gasteiger partial charge in [0.15, 0.2) is 0 Å². The average Bonchev–Trinajstić information content (AvgIpc) is 3.94. The first-order valence-electron chi connectivity index (χ1n) is 19.5. The lowest BCUT2D eigenvalue weighted by atomic mass is 10.0. The lowest BCUT2D eigenvalue weighted by Gasteiger charge is -2.15. The number of aromatic nitrogens is 2. The minimum absolute atomic E-state index is 0.885. The molecule has 266 valence electrons. The third kappa shape index (κ3) is 4.79. The zero-order chi connectivity index (χ0) is 37.5. The first-order chi connectivity index (χ1) is 28.3. The maximum atomic E-state index is 6.73. The van der Waals surface area contributed by atoms with Crippen LogP contribution in [-0.4, -0.2) is 9.13 Å². The van der Waals surface area contributed by atoms with Crippen LogP contribution in [0, 0.1) is 0 Å². The van der Waals surface area contributed by atoms with Crippen molar-refractivity contribution in [2.24, 2.45) is 0 Å². The van der Waals surface area contributed by atoms with E-state index in [4.69, 9.17) is 4.42 Å². The Hall–Kier alpha value is -7.62. The second-order valence-electron chi connectivity index (χ2n) is 14.9. The highest BCUT2D eigenvalue weighted by molar-refractivity contribution is 6.17. The molecular formula is C54H34N2O. The van der Waals surface area contributed by atoms with Crippen molar-refractivity contribution in [3.8, 4) is 44.8 Å². The molecule has 0 saturated heterocycles. The van der Waals surface area contributed by atoms with Crippen molar-refractivity contribution < 1.29 is 4.42 Å². The molecule has 0 saturated carbocycles. The molecule has 0 spiro atoms. The predicted octanol–water partition coefficient (Wildman–Crippen LogP) is 14.8. The molecular weight excluding hydrogens is 693 g/mol. The van der Waals surface area contributed by atoms with Crippen LogP contribution in [-0.2, 0) is 0 Å². The molecule has 3 aromatic heterocycles. The lowest BCUT2D eigenvalue weighted by molar-refractivity contribution is 0.670. The molecule has 12 aromatic rings. The number of para-hydroxylation sites is 4. The van der Waals surface area contributed by atoms with Crippen molar-refractivity contribution in [3.63, 3.8) is 0 Å². The quantitative estimate of drug-likeness (QED) is 0.173. The van der Waals surface area contributed by atoms with E-state index in [-0.39, 0.29) is 0 Å². The van der Waals surface area contributed by atoms with Crippen molar-refractivity contribution in [2.45, 2.75) is 0 Å². The summed E-state index contributed by atoms with van der Waals surface area (Å²) in [6.07, 6.45) is 0. The van der Waals surface area contributed by atoms with Crippen LogP contribution in [0.4, 0.5) is 0 Å². The molecule has 0 aliphatic carbocycles. The molecule has 0 amide bonds. The predicted molar refractivity (Wildman–Crippen MR) is 239 cm³/mol. The summed E-state index contributed by atoms with van der Waals surface area (Å²) in [5.74, 6) is 0. The molecule has 0 atom stereocenters. The van der Waals surface area contributed by atoms with Gasteiger partial charge in [-0.3, -0.25) is 0 Å².